The molecule has 0 N–H and O–H groups in total. The van der Waals surface area contributed by atoms with E-state index in [1.54, 1.807) is 0 Å². The van der Waals surface area contributed by atoms with E-state index in [0.29, 0.717) is 17.5 Å². The molecule has 0 radical (unpaired) electrons. The van der Waals surface area contributed by atoms with Crippen molar-refractivity contribution in [3.05, 3.63) is 146 Å². The van der Waals surface area contributed by atoms with Gasteiger partial charge >= 0.3 is 0 Å². The lowest BCUT2D eigenvalue weighted by Gasteiger charge is -2.12. The standard InChI is InChI=1S/C39H24N4/c1-3-13-25(14-4-1)27-17-7-8-19-30(27)38-40-37(26-15-5-2-6-16-26)41-39(42-38)32-24-23-29-28-18-9-11-21-33(28)43-34-22-12-10-20-31(34)35(32)36(29)43/h1-24H. The van der Waals surface area contributed by atoms with Gasteiger partial charge in [-0.2, -0.15) is 0 Å². The summed E-state index contributed by atoms with van der Waals surface area (Å²) >= 11 is 0. The van der Waals surface area contributed by atoms with Crippen molar-refractivity contribution < 1.29 is 0 Å². The number of nitrogens with zero attached hydrogens (tertiary/aromatic N) is 4. The van der Waals surface area contributed by atoms with Crippen LogP contribution < -0.4 is 0 Å². The molecular weight excluding hydrogens is 524 g/mol. The Morgan fingerprint density at radius 1 is 0.349 bits per heavy atom. The first-order valence-electron chi connectivity index (χ1n) is 14.5. The Kier molecular flexibility index (Phi) is 5.16. The van der Waals surface area contributed by atoms with E-state index >= 15 is 0 Å². The highest BCUT2D eigenvalue weighted by molar-refractivity contribution is 6.26. The summed E-state index contributed by atoms with van der Waals surface area (Å²) in [6.45, 7) is 0. The first-order chi connectivity index (χ1) is 21.3. The summed E-state index contributed by atoms with van der Waals surface area (Å²) in [4.78, 5) is 15.4. The first-order valence-corrected chi connectivity index (χ1v) is 14.5. The fraction of sp³-hybridized carbons (Fsp3) is 0. The van der Waals surface area contributed by atoms with E-state index in [2.05, 4.69) is 120 Å². The number of aromatic nitrogens is 4. The van der Waals surface area contributed by atoms with E-state index in [4.69, 9.17) is 15.0 Å². The van der Waals surface area contributed by atoms with Gasteiger partial charge in [-0.3, -0.25) is 0 Å². The van der Waals surface area contributed by atoms with Gasteiger partial charge in [-0.05, 0) is 29.3 Å². The Labute approximate surface area is 247 Å². The molecule has 0 bridgehead atoms. The Morgan fingerprint density at radius 2 is 0.884 bits per heavy atom. The second kappa shape index (κ2) is 9.33. The lowest BCUT2D eigenvalue weighted by molar-refractivity contribution is 1.08. The minimum atomic E-state index is 0.655. The molecule has 4 heteroatoms. The molecule has 0 aliphatic heterocycles. The molecule has 0 spiro atoms. The topological polar surface area (TPSA) is 43.1 Å². The van der Waals surface area contributed by atoms with E-state index in [9.17, 15) is 0 Å². The van der Waals surface area contributed by atoms with E-state index in [1.165, 1.54) is 32.7 Å². The second-order valence-electron chi connectivity index (χ2n) is 10.8. The molecule has 9 rings (SSSR count). The normalized spacial score (nSPS) is 11.7. The van der Waals surface area contributed by atoms with Crippen LogP contribution in [-0.4, -0.2) is 19.4 Å². The van der Waals surface area contributed by atoms with Crippen LogP contribution in [-0.2, 0) is 0 Å². The Morgan fingerprint density at radius 3 is 1.63 bits per heavy atom. The Balaban J connectivity index is 1.38. The van der Waals surface area contributed by atoms with Crippen LogP contribution in [0, 0.1) is 0 Å². The van der Waals surface area contributed by atoms with Crippen molar-refractivity contribution in [2.75, 3.05) is 0 Å². The molecule has 3 aromatic heterocycles. The van der Waals surface area contributed by atoms with Gasteiger partial charge < -0.3 is 4.40 Å². The molecule has 0 aliphatic rings. The minimum absolute atomic E-state index is 0.655. The minimum Gasteiger partial charge on any atom is -0.308 e. The monoisotopic (exact) mass is 548 g/mol. The largest absolute Gasteiger partial charge is 0.308 e. The maximum Gasteiger partial charge on any atom is 0.164 e. The van der Waals surface area contributed by atoms with Crippen LogP contribution in [0.1, 0.15) is 0 Å². The van der Waals surface area contributed by atoms with Gasteiger partial charge in [0.15, 0.2) is 17.5 Å². The molecule has 0 amide bonds. The molecule has 6 aromatic carbocycles. The molecule has 0 aliphatic carbocycles. The number of fused-ring (bicyclic) bond motifs is 6. The van der Waals surface area contributed by atoms with Crippen molar-refractivity contribution >= 4 is 38.1 Å². The molecule has 3 heterocycles. The van der Waals surface area contributed by atoms with Crippen molar-refractivity contribution in [2.45, 2.75) is 0 Å². The van der Waals surface area contributed by atoms with Gasteiger partial charge in [0.25, 0.3) is 0 Å². The third kappa shape index (κ3) is 3.60. The number of hydrogen-bond acceptors (Lipinski definition) is 3. The van der Waals surface area contributed by atoms with Gasteiger partial charge in [-0.25, -0.2) is 15.0 Å². The fourth-order valence-electron chi connectivity index (χ4n) is 6.53. The predicted octanol–water partition coefficient (Wildman–Crippen LogP) is 9.69. The van der Waals surface area contributed by atoms with Gasteiger partial charge in [-0.15, -0.1) is 0 Å². The second-order valence-corrected chi connectivity index (χ2v) is 10.8. The fourth-order valence-corrected chi connectivity index (χ4v) is 6.53. The molecule has 0 unspecified atom stereocenters. The van der Waals surface area contributed by atoms with Gasteiger partial charge in [0.05, 0.1) is 16.6 Å². The van der Waals surface area contributed by atoms with Gasteiger partial charge in [0, 0.05) is 38.2 Å². The molecule has 0 fully saturated rings. The summed E-state index contributed by atoms with van der Waals surface area (Å²) in [5, 5.41) is 4.84. The van der Waals surface area contributed by atoms with E-state index in [-0.39, 0.29) is 0 Å². The molecule has 0 atom stereocenters. The summed E-state index contributed by atoms with van der Waals surface area (Å²) in [7, 11) is 0. The predicted molar refractivity (Wildman–Crippen MR) is 176 cm³/mol. The van der Waals surface area contributed by atoms with Gasteiger partial charge in [0.2, 0.25) is 0 Å². The lowest BCUT2D eigenvalue weighted by Crippen LogP contribution is -2.01. The number of hydrogen-bond donors (Lipinski definition) is 0. The van der Waals surface area contributed by atoms with Crippen molar-refractivity contribution in [1.29, 1.82) is 0 Å². The summed E-state index contributed by atoms with van der Waals surface area (Å²) in [5.74, 6) is 1.97. The molecule has 43 heavy (non-hydrogen) atoms. The Hall–Kier alpha value is -5.87. The summed E-state index contributed by atoms with van der Waals surface area (Å²) < 4.78 is 2.39. The number of rotatable bonds is 4. The first kappa shape index (κ1) is 23.8. The van der Waals surface area contributed by atoms with Crippen LogP contribution in [0.2, 0.25) is 0 Å². The zero-order valence-electron chi connectivity index (χ0n) is 23.1. The lowest BCUT2D eigenvalue weighted by atomic mass is 9.99. The summed E-state index contributed by atoms with van der Waals surface area (Å²) in [6, 6.07) is 50.6. The molecule has 200 valence electrons. The SMILES string of the molecule is c1ccc(-c2nc(-c3ccccc3-c3ccccc3)nc(-c3ccc4c5ccccc5n5c6ccccc6c3c45)n2)cc1. The van der Waals surface area contributed by atoms with E-state index in [1.807, 2.05) is 30.3 Å². The van der Waals surface area contributed by atoms with E-state index in [0.717, 1.165) is 33.2 Å². The summed E-state index contributed by atoms with van der Waals surface area (Å²) in [5.41, 5.74) is 8.73. The van der Waals surface area contributed by atoms with Crippen LogP contribution >= 0.6 is 0 Å². The average molecular weight is 549 g/mol. The van der Waals surface area contributed by atoms with Crippen molar-refractivity contribution in [3.63, 3.8) is 0 Å². The van der Waals surface area contributed by atoms with E-state index < -0.39 is 0 Å². The number of benzene rings is 6. The third-order valence-electron chi connectivity index (χ3n) is 8.41. The summed E-state index contributed by atoms with van der Waals surface area (Å²) in [6.07, 6.45) is 0. The molecule has 0 saturated heterocycles. The van der Waals surface area contributed by atoms with Gasteiger partial charge in [0.1, 0.15) is 0 Å². The van der Waals surface area contributed by atoms with Crippen LogP contribution in [0.5, 0.6) is 0 Å². The highest BCUT2D eigenvalue weighted by Gasteiger charge is 2.22. The molecule has 0 saturated carbocycles. The number of para-hydroxylation sites is 2. The quantitative estimate of drug-likeness (QED) is 0.220. The van der Waals surface area contributed by atoms with Crippen molar-refractivity contribution in [2.24, 2.45) is 0 Å². The highest BCUT2D eigenvalue weighted by Crippen LogP contribution is 2.43. The zero-order valence-corrected chi connectivity index (χ0v) is 23.1. The maximum absolute atomic E-state index is 5.22. The van der Waals surface area contributed by atoms with Crippen LogP contribution in [0.15, 0.2) is 146 Å². The average Bonchev–Trinajstić information content (AvgIpc) is 3.61. The Bertz CT molecular complexity index is 2440. The van der Waals surface area contributed by atoms with Crippen LogP contribution in [0.25, 0.3) is 83.4 Å². The van der Waals surface area contributed by atoms with Crippen LogP contribution in [0.4, 0.5) is 0 Å². The highest BCUT2D eigenvalue weighted by atomic mass is 15.0. The maximum atomic E-state index is 5.22. The molecular formula is C39H24N4. The molecule has 4 nitrogen and oxygen atoms in total. The smallest absolute Gasteiger partial charge is 0.164 e. The molecule has 9 aromatic rings. The third-order valence-corrected chi connectivity index (χ3v) is 8.41. The van der Waals surface area contributed by atoms with Crippen molar-refractivity contribution in [3.8, 4) is 45.3 Å². The zero-order chi connectivity index (χ0) is 28.3. The van der Waals surface area contributed by atoms with Crippen molar-refractivity contribution in [1.82, 2.24) is 19.4 Å². The van der Waals surface area contributed by atoms with Gasteiger partial charge in [-0.1, -0.05) is 127 Å². The van der Waals surface area contributed by atoms with Crippen LogP contribution in [0.3, 0.4) is 0 Å².